The van der Waals surface area contributed by atoms with Gasteiger partial charge in [0.25, 0.3) is 5.91 Å². The Morgan fingerprint density at radius 3 is 2.27 bits per heavy atom. The highest BCUT2D eigenvalue weighted by atomic mass is 32.2. The molecule has 2 aromatic carbocycles. The van der Waals surface area contributed by atoms with Gasteiger partial charge < -0.3 is 15.1 Å². The van der Waals surface area contributed by atoms with Crippen molar-refractivity contribution in [3.05, 3.63) is 82.8 Å². The van der Waals surface area contributed by atoms with Crippen LogP contribution in [0.4, 0.5) is 13.2 Å². The maximum absolute atomic E-state index is 13.5. The predicted octanol–water partition coefficient (Wildman–Crippen LogP) is 3.55. The van der Waals surface area contributed by atoms with E-state index in [-0.39, 0.29) is 43.3 Å². The molecule has 0 unspecified atom stereocenters. The highest BCUT2D eigenvalue weighted by Crippen LogP contribution is 2.29. The number of benzene rings is 2. The van der Waals surface area contributed by atoms with Crippen molar-refractivity contribution in [3.8, 4) is 0 Å². The van der Waals surface area contributed by atoms with E-state index in [9.17, 15) is 31.2 Å². The van der Waals surface area contributed by atoms with E-state index >= 15 is 0 Å². The molecule has 2 amide bonds. The van der Waals surface area contributed by atoms with Crippen LogP contribution in [-0.2, 0) is 34.0 Å². The predicted molar refractivity (Wildman–Crippen MR) is 149 cm³/mol. The topological polar surface area (TPSA) is 98.8 Å². The molecule has 0 saturated carbocycles. The fourth-order valence-corrected chi connectivity index (χ4v) is 5.82. The molecule has 2 aliphatic rings. The normalized spacial score (nSPS) is 18.3. The summed E-state index contributed by atoms with van der Waals surface area (Å²) >= 11 is 0. The van der Waals surface area contributed by atoms with Crippen LogP contribution < -0.4 is 10.0 Å². The molecular formula is C29H35F3N4O4S. The molecule has 8 nitrogen and oxygen atoms in total. The van der Waals surface area contributed by atoms with Crippen molar-refractivity contribution in [1.82, 2.24) is 19.8 Å². The van der Waals surface area contributed by atoms with E-state index in [1.165, 1.54) is 12.1 Å². The van der Waals surface area contributed by atoms with Gasteiger partial charge in [-0.05, 0) is 73.7 Å². The summed E-state index contributed by atoms with van der Waals surface area (Å²) in [6.45, 7) is 6.21. The van der Waals surface area contributed by atoms with Gasteiger partial charge in [-0.2, -0.15) is 13.2 Å². The van der Waals surface area contributed by atoms with E-state index in [0.29, 0.717) is 30.6 Å². The fourth-order valence-electron chi connectivity index (χ4n) is 5.24. The first-order valence-electron chi connectivity index (χ1n) is 13.6. The Bertz CT molecular complexity index is 1330. The van der Waals surface area contributed by atoms with Crippen molar-refractivity contribution < 1.29 is 31.2 Å². The molecule has 2 fully saturated rings. The van der Waals surface area contributed by atoms with E-state index < -0.39 is 21.8 Å². The number of hydrogen-bond acceptors (Lipinski definition) is 5. The van der Waals surface area contributed by atoms with Crippen LogP contribution in [0.3, 0.4) is 0 Å². The number of nitrogens with one attached hydrogen (secondary N) is 2. The van der Waals surface area contributed by atoms with Crippen molar-refractivity contribution in [2.75, 3.05) is 32.7 Å². The number of alkyl halides is 3. The first-order valence-corrected chi connectivity index (χ1v) is 15.2. The van der Waals surface area contributed by atoms with Gasteiger partial charge in [0.1, 0.15) is 0 Å². The minimum Gasteiger partial charge on any atom is -0.338 e. The third kappa shape index (κ3) is 8.40. The summed E-state index contributed by atoms with van der Waals surface area (Å²) < 4.78 is 64.6. The van der Waals surface area contributed by atoms with Gasteiger partial charge in [0.15, 0.2) is 0 Å². The zero-order chi connectivity index (χ0) is 29.6. The lowest BCUT2D eigenvalue weighted by Gasteiger charge is -2.35. The second-order valence-corrected chi connectivity index (χ2v) is 12.2. The Morgan fingerprint density at radius 1 is 1.02 bits per heavy atom. The summed E-state index contributed by atoms with van der Waals surface area (Å²) in [7, 11) is -3.51. The number of carbonyl (C=O) groups excluding carboxylic acids is 2. The van der Waals surface area contributed by atoms with Crippen molar-refractivity contribution in [1.29, 1.82) is 0 Å². The molecule has 0 aromatic heterocycles. The zero-order valence-electron chi connectivity index (χ0n) is 22.7. The SMILES string of the molecule is C=CS(=O)(=O)NC[C@H]1CCN(C(=O)c2ccc(CC(=O)N(Cc3ccc(C(F)(F)F)cc3)C3CCNCC3)cc2)C1. The average molecular weight is 593 g/mol. The van der Waals surface area contributed by atoms with Crippen molar-refractivity contribution >= 4 is 21.8 Å². The zero-order valence-corrected chi connectivity index (χ0v) is 23.5. The molecule has 2 N–H and O–H groups in total. The second kappa shape index (κ2) is 13.2. The van der Waals surface area contributed by atoms with Crippen LogP contribution in [0.2, 0.25) is 0 Å². The smallest absolute Gasteiger partial charge is 0.338 e. The molecule has 2 aliphatic heterocycles. The molecule has 2 heterocycles. The highest BCUT2D eigenvalue weighted by molar-refractivity contribution is 7.92. The van der Waals surface area contributed by atoms with Crippen LogP contribution in [0.25, 0.3) is 0 Å². The Morgan fingerprint density at radius 2 is 1.66 bits per heavy atom. The molecule has 12 heteroatoms. The van der Waals surface area contributed by atoms with Gasteiger partial charge in [-0.25, -0.2) is 13.1 Å². The molecule has 0 radical (unpaired) electrons. The third-order valence-electron chi connectivity index (χ3n) is 7.63. The van der Waals surface area contributed by atoms with E-state index in [1.807, 2.05) is 0 Å². The number of sulfonamides is 1. The number of amides is 2. The van der Waals surface area contributed by atoms with Gasteiger partial charge >= 0.3 is 6.18 Å². The largest absolute Gasteiger partial charge is 0.416 e. The maximum atomic E-state index is 13.5. The molecule has 1 atom stereocenters. The van der Waals surface area contributed by atoms with Crippen LogP contribution in [0.1, 0.15) is 46.3 Å². The van der Waals surface area contributed by atoms with Crippen molar-refractivity contribution in [2.24, 2.45) is 5.92 Å². The van der Waals surface area contributed by atoms with Gasteiger partial charge in [-0.1, -0.05) is 30.8 Å². The number of carbonyl (C=O) groups is 2. The summed E-state index contributed by atoms with van der Waals surface area (Å²) in [6.07, 6.45) is -2.12. The van der Waals surface area contributed by atoms with Crippen LogP contribution in [0.15, 0.2) is 60.5 Å². The molecule has 0 bridgehead atoms. The van der Waals surface area contributed by atoms with Crippen molar-refractivity contribution in [2.45, 2.75) is 44.4 Å². The first-order chi connectivity index (χ1) is 19.4. The number of halogens is 3. The Labute approximate surface area is 238 Å². The quantitative estimate of drug-likeness (QED) is 0.440. The molecule has 4 rings (SSSR count). The van der Waals surface area contributed by atoms with Gasteiger partial charge in [-0.3, -0.25) is 9.59 Å². The van der Waals surface area contributed by atoms with Crippen LogP contribution >= 0.6 is 0 Å². The third-order valence-corrected chi connectivity index (χ3v) is 8.63. The molecule has 0 spiro atoms. The number of likely N-dealkylation sites (tertiary alicyclic amines) is 1. The van der Waals surface area contributed by atoms with E-state index in [4.69, 9.17) is 0 Å². The average Bonchev–Trinajstić information content (AvgIpc) is 3.44. The van der Waals surface area contributed by atoms with E-state index in [0.717, 1.165) is 49.0 Å². The molecule has 0 aliphatic carbocycles. The monoisotopic (exact) mass is 592 g/mol. The van der Waals surface area contributed by atoms with Crippen LogP contribution in [0.5, 0.6) is 0 Å². The maximum Gasteiger partial charge on any atom is 0.416 e. The molecule has 41 heavy (non-hydrogen) atoms. The summed E-state index contributed by atoms with van der Waals surface area (Å²) in [5.74, 6) is -0.271. The number of rotatable bonds is 10. The molecule has 2 saturated heterocycles. The van der Waals surface area contributed by atoms with Gasteiger partial charge in [0.2, 0.25) is 15.9 Å². The minimum atomic E-state index is -4.42. The number of piperidine rings is 1. The summed E-state index contributed by atoms with van der Waals surface area (Å²) in [4.78, 5) is 29.9. The van der Waals surface area contributed by atoms with E-state index in [1.54, 1.807) is 34.1 Å². The first kappa shape index (κ1) is 30.7. The lowest BCUT2D eigenvalue weighted by Crippen LogP contribution is -2.46. The second-order valence-electron chi connectivity index (χ2n) is 10.5. The molecule has 2 aromatic rings. The fraction of sp³-hybridized carbons (Fsp3) is 0.448. The lowest BCUT2D eigenvalue weighted by molar-refractivity contribution is -0.138. The standard InChI is InChI=1S/C29H35F3N4O4S/c1-2-41(39,40)34-18-23-13-16-35(19-23)28(38)24-7-3-21(4-8-24)17-27(37)36(26-11-14-33-15-12-26)20-22-5-9-25(10-6-22)29(30,31)32/h2-10,23,26,33-34H,1,11-20H2/t23-/m1/s1. The Balaban J connectivity index is 1.38. The minimum absolute atomic E-state index is 0.0104. The van der Waals surface area contributed by atoms with Crippen molar-refractivity contribution in [3.63, 3.8) is 0 Å². The Hall–Kier alpha value is -3.22. The van der Waals surface area contributed by atoms with Crippen LogP contribution in [-0.4, -0.2) is 68.8 Å². The van der Waals surface area contributed by atoms with Crippen LogP contribution in [0, 0.1) is 5.92 Å². The molecule has 222 valence electrons. The molecular weight excluding hydrogens is 557 g/mol. The number of nitrogens with zero attached hydrogens (tertiary/aromatic N) is 2. The lowest BCUT2D eigenvalue weighted by atomic mass is 10.0. The van der Waals surface area contributed by atoms with Gasteiger partial charge in [0.05, 0.1) is 12.0 Å². The number of hydrogen-bond donors (Lipinski definition) is 2. The summed E-state index contributed by atoms with van der Waals surface area (Å²) in [6, 6.07) is 11.8. The van der Waals surface area contributed by atoms with Gasteiger partial charge in [0, 0.05) is 43.2 Å². The summed E-state index contributed by atoms with van der Waals surface area (Å²) in [5.41, 5.74) is 1.12. The van der Waals surface area contributed by atoms with E-state index in [2.05, 4.69) is 16.6 Å². The highest BCUT2D eigenvalue weighted by Gasteiger charge is 2.31. The summed E-state index contributed by atoms with van der Waals surface area (Å²) in [5, 5.41) is 4.13. The van der Waals surface area contributed by atoms with Gasteiger partial charge in [-0.15, -0.1) is 0 Å². The Kier molecular flexibility index (Phi) is 9.88.